The van der Waals surface area contributed by atoms with E-state index in [1.807, 2.05) is 42.2 Å². The van der Waals surface area contributed by atoms with Crippen molar-refractivity contribution in [3.8, 4) is 0 Å². The van der Waals surface area contributed by atoms with Crippen molar-refractivity contribution in [1.82, 2.24) is 24.8 Å². The molecule has 1 fully saturated rings. The number of aromatic nitrogens is 3. The van der Waals surface area contributed by atoms with Crippen LogP contribution in [0.4, 0.5) is 0 Å². The summed E-state index contributed by atoms with van der Waals surface area (Å²) in [4.78, 5) is 29.4. The van der Waals surface area contributed by atoms with Crippen molar-refractivity contribution >= 4 is 34.5 Å². The van der Waals surface area contributed by atoms with Crippen molar-refractivity contribution in [2.45, 2.75) is 19.5 Å². The number of nitrogens with zero attached hydrogens (tertiary/aromatic N) is 5. The summed E-state index contributed by atoms with van der Waals surface area (Å²) in [7, 11) is 1.37. The first-order valence-corrected chi connectivity index (χ1v) is 10.6. The molecular formula is C22H24ClN5O3. The lowest BCUT2D eigenvalue weighted by atomic mass is 10.0. The number of aryl methyl sites for hydroxylation is 1. The summed E-state index contributed by atoms with van der Waals surface area (Å²) in [5, 5.41) is 8.77. The van der Waals surface area contributed by atoms with Gasteiger partial charge in [-0.1, -0.05) is 35.0 Å². The number of esters is 1. The summed E-state index contributed by atoms with van der Waals surface area (Å²) in [5.74, 6) is -0.419. The van der Waals surface area contributed by atoms with Gasteiger partial charge in [0.1, 0.15) is 11.6 Å². The fraction of sp³-hybridized carbons (Fsp3) is 0.364. The SMILES string of the molecule is CCn1nnc2cc(C(=O)N3CCN([C@@H](C(=O)OC)c4ccccc4Cl)CC3)ccc21. The summed E-state index contributed by atoms with van der Waals surface area (Å²) in [6.07, 6.45) is 0. The second-order valence-electron chi connectivity index (χ2n) is 7.38. The van der Waals surface area contributed by atoms with E-state index in [1.165, 1.54) is 7.11 Å². The van der Waals surface area contributed by atoms with E-state index in [2.05, 4.69) is 10.3 Å². The Morgan fingerprint density at radius 3 is 2.55 bits per heavy atom. The number of carbonyl (C=O) groups is 2. The van der Waals surface area contributed by atoms with Crippen LogP contribution in [-0.2, 0) is 16.1 Å². The van der Waals surface area contributed by atoms with Crippen LogP contribution >= 0.6 is 11.6 Å². The Bertz CT molecular complexity index is 1110. The second-order valence-corrected chi connectivity index (χ2v) is 7.79. The Hall–Kier alpha value is -2.97. The third-order valence-electron chi connectivity index (χ3n) is 5.65. The van der Waals surface area contributed by atoms with E-state index >= 15 is 0 Å². The van der Waals surface area contributed by atoms with Crippen molar-refractivity contribution < 1.29 is 14.3 Å². The average molecular weight is 442 g/mol. The largest absolute Gasteiger partial charge is 0.468 e. The first kappa shape index (κ1) is 21.3. The summed E-state index contributed by atoms with van der Waals surface area (Å²) < 4.78 is 6.83. The molecule has 9 heteroatoms. The Morgan fingerprint density at radius 2 is 1.87 bits per heavy atom. The minimum absolute atomic E-state index is 0.0556. The van der Waals surface area contributed by atoms with Gasteiger partial charge in [-0.3, -0.25) is 9.69 Å². The summed E-state index contributed by atoms with van der Waals surface area (Å²) in [6, 6.07) is 12.1. The molecule has 8 nitrogen and oxygen atoms in total. The van der Waals surface area contributed by atoms with E-state index < -0.39 is 6.04 Å². The predicted molar refractivity (Wildman–Crippen MR) is 117 cm³/mol. The summed E-state index contributed by atoms with van der Waals surface area (Å²) in [5.41, 5.74) is 2.90. The highest BCUT2D eigenvalue weighted by atomic mass is 35.5. The normalized spacial score (nSPS) is 15.8. The van der Waals surface area contributed by atoms with Gasteiger partial charge in [-0.25, -0.2) is 9.48 Å². The van der Waals surface area contributed by atoms with E-state index in [0.29, 0.717) is 47.8 Å². The van der Waals surface area contributed by atoms with Crippen molar-refractivity contribution in [2.24, 2.45) is 0 Å². The predicted octanol–water partition coefficient (Wildman–Crippen LogP) is 2.78. The Morgan fingerprint density at radius 1 is 1.13 bits per heavy atom. The van der Waals surface area contributed by atoms with Crippen molar-refractivity contribution in [3.63, 3.8) is 0 Å². The Balaban J connectivity index is 1.49. The van der Waals surface area contributed by atoms with Gasteiger partial charge in [0.2, 0.25) is 0 Å². The second kappa shape index (κ2) is 9.03. The number of hydrogen-bond donors (Lipinski definition) is 0. The number of methoxy groups -OCH3 is 1. The molecule has 0 bridgehead atoms. The quantitative estimate of drug-likeness (QED) is 0.566. The highest BCUT2D eigenvalue weighted by Gasteiger charge is 2.33. The van der Waals surface area contributed by atoms with Gasteiger partial charge in [-0.15, -0.1) is 5.10 Å². The number of fused-ring (bicyclic) bond motifs is 1. The lowest BCUT2D eigenvalue weighted by Gasteiger charge is -2.38. The molecule has 0 saturated carbocycles. The van der Waals surface area contributed by atoms with Gasteiger partial charge >= 0.3 is 5.97 Å². The molecule has 31 heavy (non-hydrogen) atoms. The molecule has 1 saturated heterocycles. The van der Waals surface area contributed by atoms with Crippen LogP contribution in [-0.4, -0.2) is 70.0 Å². The number of ether oxygens (including phenoxy) is 1. The standard InChI is InChI=1S/C22H24ClN5O3/c1-3-28-19-9-8-15(14-18(19)24-25-28)21(29)27-12-10-26(11-13-27)20(22(30)31-2)16-6-4-5-7-17(16)23/h4-9,14,20H,3,10-13H2,1-2H3/t20-/m1/s1. The van der Waals surface area contributed by atoms with Crippen LogP contribution in [0.1, 0.15) is 28.9 Å². The maximum Gasteiger partial charge on any atom is 0.327 e. The number of benzene rings is 2. The van der Waals surface area contributed by atoms with E-state index in [1.54, 1.807) is 21.7 Å². The molecule has 0 aliphatic carbocycles. The minimum atomic E-state index is -0.601. The van der Waals surface area contributed by atoms with Crippen LogP contribution in [0.5, 0.6) is 0 Å². The molecule has 1 atom stereocenters. The molecule has 2 aromatic carbocycles. The van der Waals surface area contributed by atoms with Crippen LogP contribution in [0, 0.1) is 0 Å². The molecule has 0 radical (unpaired) electrons. The zero-order valence-electron chi connectivity index (χ0n) is 17.5. The molecule has 1 amide bonds. The summed E-state index contributed by atoms with van der Waals surface area (Å²) in [6.45, 7) is 4.78. The topological polar surface area (TPSA) is 80.6 Å². The first-order chi connectivity index (χ1) is 15.0. The van der Waals surface area contributed by atoms with Gasteiger partial charge in [-0.2, -0.15) is 0 Å². The van der Waals surface area contributed by atoms with Gasteiger partial charge in [0.05, 0.1) is 12.6 Å². The molecule has 3 aromatic rings. The fourth-order valence-electron chi connectivity index (χ4n) is 3.99. The highest BCUT2D eigenvalue weighted by molar-refractivity contribution is 6.31. The first-order valence-electron chi connectivity index (χ1n) is 10.2. The summed E-state index contributed by atoms with van der Waals surface area (Å²) >= 11 is 6.35. The molecule has 4 rings (SSSR count). The monoisotopic (exact) mass is 441 g/mol. The lowest BCUT2D eigenvalue weighted by Crippen LogP contribution is -2.51. The average Bonchev–Trinajstić information content (AvgIpc) is 3.22. The molecule has 1 aliphatic rings. The number of piperazine rings is 1. The van der Waals surface area contributed by atoms with Crippen LogP contribution in [0.15, 0.2) is 42.5 Å². The van der Waals surface area contributed by atoms with E-state index in [0.717, 1.165) is 12.1 Å². The van der Waals surface area contributed by atoms with Gasteiger partial charge in [0.25, 0.3) is 5.91 Å². The Labute approximate surface area is 185 Å². The number of hydrogen-bond acceptors (Lipinski definition) is 6. The highest BCUT2D eigenvalue weighted by Crippen LogP contribution is 2.29. The lowest BCUT2D eigenvalue weighted by molar-refractivity contribution is -0.148. The van der Waals surface area contributed by atoms with Crippen LogP contribution in [0.3, 0.4) is 0 Å². The molecule has 1 aromatic heterocycles. The zero-order valence-corrected chi connectivity index (χ0v) is 18.2. The van der Waals surface area contributed by atoms with Gasteiger partial charge in [-0.05, 0) is 36.8 Å². The third kappa shape index (κ3) is 4.13. The molecule has 0 spiro atoms. The fourth-order valence-corrected chi connectivity index (χ4v) is 4.22. The molecule has 0 unspecified atom stereocenters. The van der Waals surface area contributed by atoms with Crippen molar-refractivity contribution in [2.75, 3.05) is 33.3 Å². The van der Waals surface area contributed by atoms with E-state index in [-0.39, 0.29) is 11.9 Å². The van der Waals surface area contributed by atoms with Gasteiger partial charge in [0, 0.05) is 43.3 Å². The number of rotatable bonds is 5. The molecule has 162 valence electrons. The number of carbonyl (C=O) groups excluding carboxylic acids is 2. The molecule has 2 heterocycles. The van der Waals surface area contributed by atoms with Crippen molar-refractivity contribution in [3.05, 3.63) is 58.6 Å². The van der Waals surface area contributed by atoms with Crippen LogP contribution in [0.25, 0.3) is 11.0 Å². The van der Waals surface area contributed by atoms with Gasteiger partial charge < -0.3 is 9.64 Å². The molecular weight excluding hydrogens is 418 g/mol. The maximum atomic E-state index is 13.1. The van der Waals surface area contributed by atoms with Crippen LogP contribution in [0.2, 0.25) is 5.02 Å². The van der Waals surface area contributed by atoms with E-state index in [4.69, 9.17) is 16.3 Å². The number of amides is 1. The Kier molecular flexibility index (Phi) is 6.20. The smallest absolute Gasteiger partial charge is 0.327 e. The minimum Gasteiger partial charge on any atom is -0.468 e. The van der Waals surface area contributed by atoms with Gasteiger partial charge in [0.15, 0.2) is 0 Å². The maximum absolute atomic E-state index is 13.1. The van der Waals surface area contributed by atoms with Crippen LogP contribution < -0.4 is 0 Å². The molecule has 1 aliphatic heterocycles. The number of halogens is 1. The zero-order chi connectivity index (χ0) is 22.0. The van der Waals surface area contributed by atoms with Crippen molar-refractivity contribution in [1.29, 1.82) is 0 Å². The third-order valence-corrected chi connectivity index (χ3v) is 6.00. The van der Waals surface area contributed by atoms with E-state index in [9.17, 15) is 9.59 Å². The molecule has 0 N–H and O–H groups in total.